The average molecular weight is 447 g/mol. The van der Waals surface area contributed by atoms with E-state index in [1.165, 1.54) is 6.07 Å². The van der Waals surface area contributed by atoms with Crippen LogP contribution in [0.2, 0.25) is 0 Å². The number of rotatable bonds is 9. The fourth-order valence-corrected chi connectivity index (χ4v) is 4.91. The second-order valence-corrected chi connectivity index (χ2v) is 9.14. The number of thiophene rings is 1. The van der Waals surface area contributed by atoms with Gasteiger partial charge in [-0.15, -0.1) is 11.3 Å². The van der Waals surface area contributed by atoms with Crippen LogP contribution in [0.3, 0.4) is 0 Å². The van der Waals surface area contributed by atoms with Gasteiger partial charge in [0.15, 0.2) is 11.5 Å². The summed E-state index contributed by atoms with van der Waals surface area (Å²) in [5.74, 6) is 0.895. The molecule has 1 heterocycles. The first-order chi connectivity index (χ1) is 14.4. The van der Waals surface area contributed by atoms with Crippen molar-refractivity contribution in [2.24, 2.45) is 0 Å². The molecular formula is C21H22N2O5S2. The van der Waals surface area contributed by atoms with Crippen LogP contribution in [-0.2, 0) is 16.4 Å². The maximum atomic E-state index is 12.7. The van der Waals surface area contributed by atoms with E-state index in [-0.39, 0.29) is 21.4 Å². The van der Waals surface area contributed by atoms with E-state index < -0.39 is 10.0 Å². The normalized spacial score (nSPS) is 11.0. The summed E-state index contributed by atoms with van der Waals surface area (Å²) in [6.07, 6.45) is 0.579. The quantitative estimate of drug-likeness (QED) is 0.524. The van der Waals surface area contributed by atoms with Crippen molar-refractivity contribution in [3.8, 4) is 11.5 Å². The van der Waals surface area contributed by atoms with Crippen molar-refractivity contribution in [3.63, 3.8) is 0 Å². The molecule has 7 nitrogen and oxygen atoms in total. The second kappa shape index (κ2) is 9.64. The lowest BCUT2D eigenvalue weighted by molar-refractivity contribution is 0.0955. The summed E-state index contributed by atoms with van der Waals surface area (Å²) in [5.41, 5.74) is 1.46. The van der Waals surface area contributed by atoms with E-state index in [0.29, 0.717) is 24.5 Å². The minimum Gasteiger partial charge on any atom is -0.493 e. The number of sulfonamides is 1. The number of ether oxygens (including phenoxy) is 2. The highest BCUT2D eigenvalue weighted by Crippen LogP contribution is 2.27. The largest absolute Gasteiger partial charge is 0.493 e. The lowest BCUT2D eigenvalue weighted by Gasteiger charge is -2.13. The molecule has 0 saturated carbocycles. The third kappa shape index (κ3) is 5.11. The van der Waals surface area contributed by atoms with E-state index in [1.807, 2.05) is 18.2 Å². The Bertz CT molecular complexity index is 1110. The molecule has 0 fully saturated rings. The molecule has 2 N–H and O–H groups in total. The highest BCUT2D eigenvalue weighted by molar-refractivity contribution is 7.94. The number of nitrogens with one attached hydrogen (secondary N) is 2. The summed E-state index contributed by atoms with van der Waals surface area (Å²) in [4.78, 5) is 12.7. The van der Waals surface area contributed by atoms with E-state index in [4.69, 9.17) is 9.47 Å². The smallest absolute Gasteiger partial charge is 0.271 e. The molecule has 0 radical (unpaired) electrons. The predicted octanol–water partition coefficient (Wildman–Crippen LogP) is 3.54. The Morgan fingerprint density at radius 1 is 1.00 bits per heavy atom. The van der Waals surface area contributed by atoms with Gasteiger partial charge in [-0.3, -0.25) is 9.52 Å². The first-order valence-corrected chi connectivity index (χ1v) is 11.5. The number of benzene rings is 2. The second-order valence-electron chi connectivity index (χ2n) is 6.28. The zero-order chi connectivity index (χ0) is 21.6. The maximum Gasteiger partial charge on any atom is 0.271 e. The molecule has 0 spiro atoms. The molecule has 3 rings (SSSR count). The van der Waals surface area contributed by atoms with Crippen molar-refractivity contribution < 1.29 is 22.7 Å². The molecule has 9 heteroatoms. The van der Waals surface area contributed by atoms with Gasteiger partial charge in [-0.1, -0.05) is 24.3 Å². The van der Waals surface area contributed by atoms with Crippen LogP contribution in [-0.4, -0.2) is 35.1 Å². The van der Waals surface area contributed by atoms with Crippen LogP contribution >= 0.6 is 11.3 Å². The van der Waals surface area contributed by atoms with Crippen LogP contribution in [0, 0.1) is 0 Å². The highest BCUT2D eigenvalue weighted by Gasteiger charge is 2.19. The third-order valence-electron chi connectivity index (χ3n) is 4.32. The van der Waals surface area contributed by atoms with Crippen LogP contribution in [0.4, 0.5) is 5.69 Å². The molecule has 0 aliphatic carbocycles. The van der Waals surface area contributed by atoms with Gasteiger partial charge in [-0.05, 0) is 47.7 Å². The predicted molar refractivity (Wildman–Crippen MR) is 117 cm³/mol. The van der Waals surface area contributed by atoms with Gasteiger partial charge < -0.3 is 14.8 Å². The number of methoxy groups -OCH3 is 2. The van der Waals surface area contributed by atoms with Crippen LogP contribution in [0.15, 0.2) is 64.2 Å². The van der Waals surface area contributed by atoms with Gasteiger partial charge in [0.05, 0.1) is 25.5 Å². The monoisotopic (exact) mass is 446 g/mol. The zero-order valence-electron chi connectivity index (χ0n) is 16.5. The van der Waals surface area contributed by atoms with Crippen LogP contribution < -0.4 is 19.5 Å². The highest BCUT2D eigenvalue weighted by atomic mass is 32.2. The Morgan fingerprint density at radius 3 is 2.47 bits per heavy atom. The summed E-state index contributed by atoms with van der Waals surface area (Å²) in [6.45, 7) is 0.375. The fourth-order valence-electron chi connectivity index (χ4n) is 2.83. The van der Waals surface area contributed by atoms with Crippen molar-refractivity contribution in [2.45, 2.75) is 10.6 Å². The van der Waals surface area contributed by atoms with E-state index in [9.17, 15) is 13.2 Å². The van der Waals surface area contributed by atoms with E-state index in [1.54, 1.807) is 49.9 Å². The van der Waals surface area contributed by atoms with Gasteiger partial charge in [0.25, 0.3) is 15.9 Å². The molecule has 1 amide bonds. The molecule has 0 aliphatic heterocycles. The Kier molecular flexibility index (Phi) is 6.96. The van der Waals surface area contributed by atoms with Crippen LogP contribution in [0.1, 0.15) is 15.9 Å². The average Bonchev–Trinajstić information content (AvgIpc) is 3.29. The van der Waals surface area contributed by atoms with Gasteiger partial charge in [0.2, 0.25) is 0 Å². The number of para-hydroxylation sites is 1. The Labute approximate surface area is 179 Å². The fraction of sp³-hybridized carbons (Fsp3) is 0.190. The number of amides is 1. The molecule has 0 atom stereocenters. The number of hydrogen-bond donors (Lipinski definition) is 2. The van der Waals surface area contributed by atoms with Gasteiger partial charge in [0, 0.05) is 6.54 Å². The van der Waals surface area contributed by atoms with Crippen molar-refractivity contribution in [3.05, 3.63) is 71.1 Å². The number of carbonyl (C=O) groups excluding carboxylic acids is 1. The molecule has 158 valence electrons. The Hall–Kier alpha value is -3.04. The van der Waals surface area contributed by atoms with E-state index >= 15 is 0 Å². The van der Waals surface area contributed by atoms with Crippen LogP contribution in [0.25, 0.3) is 0 Å². The maximum absolute atomic E-state index is 12.7. The summed E-state index contributed by atoms with van der Waals surface area (Å²) in [5, 5.41) is 4.51. The van der Waals surface area contributed by atoms with Crippen molar-refractivity contribution in [2.75, 3.05) is 25.5 Å². The van der Waals surface area contributed by atoms with Crippen molar-refractivity contribution in [1.82, 2.24) is 5.32 Å². The molecule has 3 aromatic rings. The Morgan fingerprint density at radius 2 is 1.77 bits per heavy atom. The molecule has 2 aromatic carbocycles. The third-order valence-corrected chi connectivity index (χ3v) is 7.09. The van der Waals surface area contributed by atoms with Gasteiger partial charge >= 0.3 is 0 Å². The van der Waals surface area contributed by atoms with Crippen molar-refractivity contribution >= 4 is 33.0 Å². The van der Waals surface area contributed by atoms with Gasteiger partial charge in [-0.2, -0.15) is 0 Å². The minimum atomic E-state index is -3.74. The summed E-state index contributed by atoms with van der Waals surface area (Å²) in [6, 6.07) is 15.2. The summed E-state index contributed by atoms with van der Waals surface area (Å²) >= 11 is 1.11. The molecule has 0 saturated heterocycles. The Balaban J connectivity index is 1.67. The van der Waals surface area contributed by atoms with Gasteiger partial charge in [-0.25, -0.2) is 8.42 Å². The molecular weight excluding hydrogens is 424 g/mol. The first kappa shape index (κ1) is 21.7. The molecule has 1 aromatic heterocycles. The lowest BCUT2D eigenvalue weighted by Crippen LogP contribution is -2.27. The lowest BCUT2D eigenvalue weighted by atomic mass is 10.1. The molecule has 0 unspecified atom stereocenters. The number of hydrogen-bond acceptors (Lipinski definition) is 6. The zero-order valence-corrected chi connectivity index (χ0v) is 18.2. The van der Waals surface area contributed by atoms with E-state index in [0.717, 1.165) is 16.9 Å². The van der Waals surface area contributed by atoms with Gasteiger partial charge in [0.1, 0.15) is 4.21 Å². The molecule has 0 aliphatic rings. The number of anilines is 1. The SMILES string of the molecule is COc1ccc(CCNC(=O)c2ccccc2NS(=O)(=O)c2cccs2)cc1OC. The number of carbonyl (C=O) groups is 1. The summed E-state index contributed by atoms with van der Waals surface area (Å²) in [7, 11) is -0.603. The first-order valence-electron chi connectivity index (χ1n) is 9.09. The molecule has 0 bridgehead atoms. The summed E-state index contributed by atoms with van der Waals surface area (Å²) < 4.78 is 38.2. The van der Waals surface area contributed by atoms with Crippen LogP contribution in [0.5, 0.6) is 11.5 Å². The van der Waals surface area contributed by atoms with E-state index in [2.05, 4.69) is 10.0 Å². The topological polar surface area (TPSA) is 93.7 Å². The van der Waals surface area contributed by atoms with Crippen molar-refractivity contribution in [1.29, 1.82) is 0 Å². The molecule has 30 heavy (non-hydrogen) atoms. The minimum absolute atomic E-state index is 0.186. The standard InChI is InChI=1S/C21H22N2O5S2/c1-27-18-10-9-15(14-19(18)28-2)11-12-22-21(24)16-6-3-4-7-17(16)23-30(25,26)20-8-5-13-29-20/h3-10,13-14,23H,11-12H2,1-2H3,(H,22,24).